The molecule has 1 aromatic rings. The molecule has 0 N–H and O–H groups in total. The highest BCUT2D eigenvalue weighted by Crippen LogP contribution is 2.34. The summed E-state index contributed by atoms with van der Waals surface area (Å²) in [6.45, 7) is 10.9. The van der Waals surface area contributed by atoms with E-state index in [1.54, 1.807) is 14.2 Å². The van der Waals surface area contributed by atoms with Crippen LogP contribution in [0.15, 0.2) is 18.2 Å². The molecular weight excluding hydrogens is 304 g/mol. The largest absolute Gasteiger partial charge is 0.493 e. The summed E-state index contributed by atoms with van der Waals surface area (Å²) in [4.78, 5) is 17.5. The van der Waals surface area contributed by atoms with Gasteiger partial charge in [0.15, 0.2) is 11.5 Å². The predicted molar refractivity (Wildman–Crippen MR) is 95.8 cm³/mol. The molecule has 24 heavy (non-hydrogen) atoms. The van der Waals surface area contributed by atoms with Gasteiger partial charge in [0.1, 0.15) is 0 Å². The number of methoxy groups -OCH3 is 2. The molecule has 1 unspecified atom stereocenters. The summed E-state index contributed by atoms with van der Waals surface area (Å²) >= 11 is 0. The highest BCUT2D eigenvalue weighted by atomic mass is 16.5. The van der Waals surface area contributed by atoms with Gasteiger partial charge in [-0.05, 0) is 30.2 Å². The van der Waals surface area contributed by atoms with Gasteiger partial charge in [0.25, 0.3) is 0 Å². The molecule has 5 heteroatoms. The molecular formula is C19H30N2O3. The van der Waals surface area contributed by atoms with E-state index < -0.39 is 0 Å². The fraction of sp³-hybridized carbons (Fsp3) is 0.632. The minimum Gasteiger partial charge on any atom is -0.493 e. The van der Waals surface area contributed by atoms with Crippen molar-refractivity contribution in [3.63, 3.8) is 0 Å². The summed E-state index contributed by atoms with van der Waals surface area (Å²) in [7, 11) is 3.24. The molecule has 1 atom stereocenters. The Labute approximate surface area is 145 Å². The van der Waals surface area contributed by atoms with Crippen LogP contribution in [0.5, 0.6) is 11.5 Å². The Morgan fingerprint density at radius 2 is 1.71 bits per heavy atom. The number of likely N-dealkylation sites (N-methyl/N-ethyl adjacent to an activating group) is 1. The van der Waals surface area contributed by atoms with Gasteiger partial charge in [-0.2, -0.15) is 0 Å². The van der Waals surface area contributed by atoms with Crippen LogP contribution >= 0.6 is 0 Å². The molecule has 5 nitrogen and oxygen atoms in total. The van der Waals surface area contributed by atoms with Gasteiger partial charge in [-0.3, -0.25) is 4.79 Å². The van der Waals surface area contributed by atoms with Crippen molar-refractivity contribution < 1.29 is 14.3 Å². The summed E-state index contributed by atoms with van der Waals surface area (Å²) < 4.78 is 10.7. The van der Waals surface area contributed by atoms with Crippen molar-refractivity contribution in [1.82, 2.24) is 9.80 Å². The fourth-order valence-corrected chi connectivity index (χ4v) is 3.34. The van der Waals surface area contributed by atoms with Gasteiger partial charge in [-0.1, -0.05) is 26.8 Å². The third-order valence-corrected chi connectivity index (χ3v) is 4.83. The van der Waals surface area contributed by atoms with Crippen LogP contribution in [0, 0.1) is 5.92 Å². The highest BCUT2D eigenvalue weighted by Gasteiger charge is 2.31. The van der Waals surface area contributed by atoms with E-state index in [4.69, 9.17) is 9.47 Å². The molecule has 1 amide bonds. The monoisotopic (exact) mass is 334 g/mol. The zero-order chi connectivity index (χ0) is 17.7. The van der Waals surface area contributed by atoms with Crippen LogP contribution < -0.4 is 9.47 Å². The lowest BCUT2D eigenvalue weighted by molar-refractivity contribution is -0.135. The van der Waals surface area contributed by atoms with Gasteiger partial charge >= 0.3 is 0 Å². The molecule has 1 heterocycles. The molecule has 1 aromatic carbocycles. The summed E-state index contributed by atoms with van der Waals surface area (Å²) in [5.41, 5.74) is 0.991. The molecule has 1 saturated heterocycles. The normalized spacial score (nSPS) is 17.0. The van der Waals surface area contributed by atoms with Crippen molar-refractivity contribution in [3.05, 3.63) is 23.8 Å². The maximum atomic E-state index is 13.1. The number of rotatable bonds is 6. The molecule has 0 aromatic heterocycles. The molecule has 1 aliphatic rings. The molecule has 0 aliphatic carbocycles. The van der Waals surface area contributed by atoms with Crippen molar-refractivity contribution in [3.8, 4) is 11.5 Å². The van der Waals surface area contributed by atoms with Gasteiger partial charge in [0, 0.05) is 26.2 Å². The lowest BCUT2D eigenvalue weighted by Gasteiger charge is -2.37. The number of carbonyl (C=O) groups excluding carboxylic acids is 1. The van der Waals surface area contributed by atoms with E-state index in [1.807, 2.05) is 23.1 Å². The number of piperazine rings is 1. The highest BCUT2D eigenvalue weighted by molar-refractivity contribution is 5.84. The van der Waals surface area contributed by atoms with Crippen molar-refractivity contribution >= 4 is 5.91 Å². The Morgan fingerprint density at radius 1 is 1.08 bits per heavy atom. The van der Waals surface area contributed by atoms with Crippen molar-refractivity contribution in [2.24, 2.45) is 5.92 Å². The van der Waals surface area contributed by atoms with Crippen LogP contribution in [0.2, 0.25) is 0 Å². The number of benzene rings is 1. The first kappa shape index (κ1) is 18.6. The van der Waals surface area contributed by atoms with Crippen LogP contribution in [-0.2, 0) is 4.79 Å². The summed E-state index contributed by atoms with van der Waals surface area (Å²) in [6.07, 6.45) is 0. The van der Waals surface area contributed by atoms with Crippen molar-refractivity contribution in [1.29, 1.82) is 0 Å². The lowest BCUT2D eigenvalue weighted by Crippen LogP contribution is -2.50. The first-order valence-electron chi connectivity index (χ1n) is 8.74. The van der Waals surface area contributed by atoms with E-state index in [9.17, 15) is 4.79 Å². The van der Waals surface area contributed by atoms with Crippen LogP contribution in [0.3, 0.4) is 0 Å². The van der Waals surface area contributed by atoms with Gasteiger partial charge in [0.05, 0.1) is 20.1 Å². The Bertz CT molecular complexity index is 552. The summed E-state index contributed by atoms with van der Waals surface area (Å²) in [6, 6.07) is 5.79. The topological polar surface area (TPSA) is 42.0 Å². The zero-order valence-electron chi connectivity index (χ0n) is 15.5. The van der Waals surface area contributed by atoms with Gasteiger partial charge in [-0.15, -0.1) is 0 Å². The SMILES string of the molecule is CCN1CCN(C(=O)C(c2ccc(OC)c(OC)c2)C(C)C)CC1. The Morgan fingerprint density at radius 3 is 2.21 bits per heavy atom. The second-order valence-corrected chi connectivity index (χ2v) is 6.60. The maximum Gasteiger partial charge on any atom is 0.230 e. The first-order chi connectivity index (χ1) is 11.5. The van der Waals surface area contributed by atoms with Crippen LogP contribution in [-0.4, -0.2) is 62.7 Å². The van der Waals surface area contributed by atoms with E-state index in [0.717, 1.165) is 38.3 Å². The zero-order valence-corrected chi connectivity index (χ0v) is 15.5. The summed E-state index contributed by atoms with van der Waals surface area (Å²) in [5.74, 6) is 1.64. The molecule has 0 saturated carbocycles. The molecule has 1 fully saturated rings. The lowest BCUT2D eigenvalue weighted by atomic mass is 9.86. The summed E-state index contributed by atoms with van der Waals surface area (Å²) in [5, 5.41) is 0. The first-order valence-corrected chi connectivity index (χ1v) is 8.74. The van der Waals surface area contributed by atoms with Gasteiger partial charge in [-0.25, -0.2) is 0 Å². The van der Waals surface area contributed by atoms with E-state index in [0.29, 0.717) is 11.5 Å². The molecule has 0 spiro atoms. The van der Waals surface area contributed by atoms with E-state index >= 15 is 0 Å². The number of carbonyl (C=O) groups is 1. The minimum atomic E-state index is -0.155. The van der Waals surface area contributed by atoms with Gasteiger partial charge in [0.2, 0.25) is 5.91 Å². The second-order valence-electron chi connectivity index (χ2n) is 6.60. The number of ether oxygens (including phenoxy) is 2. The minimum absolute atomic E-state index is 0.155. The quantitative estimate of drug-likeness (QED) is 0.802. The third kappa shape index (κ3) is 4.01. The smallest absolute Gasteiger partial charge is 0.230 e. The third-order valence-electron chi connectivity index (χ3n) is 4.83. The van der Waals surface area contributed by atoms with E-state index in [-0.39, 0.29) is 17.7 Å². The number of hydrogen-bond acceptors (Lipinski definition) is 4. The molecule has 1 aliphatic heterocycles. The molecule has 0 bridgehead atoms. The number of nitrogens with zero attached hydrogens (tertiary/aromatic N) is 2. The van der Waals surface area contributed by atoms with Crippen LogP contribution in [0.4, 0.5) is 0 Å². The Kier molecular flexibility index (Phi) is 6.49. The average molecular weight is 334 g/mol. The molecule has 0 radical (unpaired) electrons. The van der Waals surface area contributed by atoms with E-state index in [2.05, 4.69) is 25.7 Å². The fourth-order valence-electron chi connectivity index (χ4n) is 3.34. The van der Waals surface area contributed by atoms with Crippen LogP contribution in [0.25, 0.3) is 0 Å². The second kappa shape index (κ2) is 8.38. The predicted octanol–water partition coefficient (Wildman–Crippen LogP) is 2.61. The Balaban J connectivity index is 2.21. The van der Waals surface area contributed by atoms with Crippen molar-refractivity contribution in [2.75, 3.05) is 46.9 Å². The molecule has 2 rings (SSSR count). The van der Waals surface area contributed by atoms with Gasteiger partial charge < -0.3 is 19.3 Å². The Hall–Kier alpha value is -1.75. The maximum absolute atomic E-state index is 13.1. The number of hydrogen-bond donors (Lipinski definition) is 0. The standard InChI is InChI=1S/C19H30N2O3/c1-6-20-9-11-21(12-10-20)19(22)18(14(2)3)15-7-8-16(23-4)17(13-15)24-5/h7-8,13-14,18H,6,9-12H2,1-5H3. The van der Waals surface area contributed by atoms with Crippen molar-refractivity contribution in [2.45, 2.75) is 26.7 Å². The molecule has 134 valence electrons. The van der Waals surface area contributed by atoms with E-state index in [1.165, 1.54) is 0 Å². The average Bonchev–Trinajstić information content (AvgIpc) is 2.61. The number of amides is 1. The van der Waals surface area contributed by atoms with Crippen LogP contribution in [0.1, 0.15) is 32.3 Å².